The number of carbonyl (C=O) groups is 1. The van der Waals surface area contributed by atoms with Crippen molar-refractivity contribution in [3.63, 3.8) is 0 Å². The van der Waals surface area contributed by atoms with Crippen molar-refractivity contribution in [2.45, 2.75) is 19.9 Å². The van der Waals surface area contributed by atoms with Gasteiger partial charge in [0.05, 0.1) is 18.9 Å². The molecule has 1 atom stereocenters. The fraction of sp³-hybridized carbons (Fsp3) is 0.412. The van der Waals surface area contributed by atoms with Crippen molar-refractivity contribution in [3.8, 4) is 11.8 Å². The molecule has 136 valence electrons. The van der Waals surface area contributed by atoms with Gasteiger partial charge in [-0.1, -0.05) is 0 Å². The molecule has 0 aromatic carbocycles. The average Bonchev–Trinajstić information content (AvgIpc) is 2.93. The van der Waals surface area contributed by atoms with Gasteiger partial charge in [0.2, 0.25) is 0 Å². The van der Waals surface area contributed by atoms with Gasteiger partial charge >= 0.3 is 0 Å². The highest BCUT2D eigenvalue weighted by atomic mass is 16.5. The van der Waals surface area contributed by atoms with E-state index < -0.39 is 0 Å². The zero-order valence-electron chi connectivity index (χ0n) is 14.8. The summed E-state index contributed by atoms with van der Waals surface area (Å²) in [6, 6.07) is 3.87. The number of amides is 1. The summed E-state index contributed by atoms with van der Waals surface area (Å²) < 4.78 is 7.21. The molecule has 3 heterocycles. The minimum absolute atomic E-state index is 0.149. The molecule has 1 unspecified atom stereocenters. The molecule has 1 aliphatic rings. The van der Waals surface area contributed by atoms with Crippen LogP contribution in [-0.2, 0) is 6.54 Å². The van der Waals surface area contributed by atoms with E-state index in [1.807, 2.05) is 18.9 Å². The minimum atomic E-state index is -0.372. The van der Waals surface area contributed by atoms with Gasteiger partial charge in [-0.15, -0.1) is 0 Å². The lowest BCUT2D eigenvalue weighted by molar-refractivity contribution is 0.102. The first kappa shape index (κ1) is 17.5. The second-order valence-corrected chi connectivity index (χ2v) is 6.13. The maximum absolute atomic E-state index is 12.9. The number of nitriles is 1. The molecule has 9 heteroatoms. The number of nitrogen functional groups attached to an aromatic ring is 1. The van der Waals surface area contributed by atoms with Gasteiger partial charge in [0.15, 0.2) is 5.82 Å². The number of anilines is 3. The summed E-state index contributed by atoms with van der Waals surface area (Å²) in [5.74, 6) is 1.12. The van der Waals surface area contributed by atoms with Gasteiger partial charge in [-0.05, 0) is 6.92 Å². The zero-order chi connectivity index (χ0) is 18.7. The highest BCUT2D eigenvalue weighted by Crippen LogP contribution is 2.32. The summed E-state index contributed by atoms with van der Waals surface area (Å²) in [7, 11) is 1.86. The largest absolute Gasteiger partial charge is 0.492 e. The molecule has 0 bridgehead atoms. The van der Waals surface area contributed by atoms with Crippen molar-refractivity contribution in [3.05, 3.63) is 24.0 Å². The summed E-state index contributed by atoms with van der Waals surface area (Å²) in [5, 5.41) is 16.0. The number of aromatic nitrogens is 3. The number of hydrogen-bond acceptors (Lipinski definition) is 7. The van der Waals surface area contributed by atoms with Crippen LogP contribution >= 0.6 is 0 Å². The maximum atomic E-state index is 12.9. The SMILES string of the molecule is CCOc1ccncc1NC(=O)c1c(N)nn2c1N(C)CC(CC#N)C2. The van der Waals surface area contributed by atoms with Crippen molar-refractivity contribution in [1.29, 1.82) is 5.26 Å². The molecule has 0 radical (unpaired) electrons. The lowest BCUT2D eigenvalue weighted by atomic mass is 10.0. The second-order valence-electron chi connectivity index (χ2n) is 6.13. The highest BCUT2D eigenvalue weighted by molar-refractivity contribution is 6.11. The maximum Gasteiger partial charge on any atom is 0.263 e. The number of hydrogen-bond donors (Lipinski definition) is 2. The Balaban J connectivity index is 1.89. The first-order chi connectivity index (χ1) is 12.5. The van der Waals surface area contributed by atoms with Gasteiger partial charge in [-0.2, -0.15) is 10.4 Å². The molecule has 1 amide bonds. The van der Waals surface area contributed by atoms with E-state index in [1.54, 1.807) is 16.9 Å². The van der Waals surface area contributed by atoms with E-state index in [9.17, 15) is 4.79 Å². The fourth-order valence-corrected chi connectivity index (χ4v) is 3.18. The lowest BCUT2D eigenvalue weighted by Gasteiger charge is -2.31. The van der Waals surface area contributed by atoms with Crippen LogP contribution in [0.25, 0.3) is 0 Å². The van der Waals surface area contributed by atoms with Crippen LogP contribution in [0.15, 0.2) is 18.5 Å². The van der Waals surface area contributed by atoms with Crippen molar-refractivity contribution < 1.29 is 9.53 Å². The Morgan fingerprint density at radius 2 is 2.35 bits per heavy atom. The summed E-state index contributed by atoms with van der Waals surface area (Å²) in [6.07, 6.45) is 3.56. The third kappa shape index (κ3) is 3.26. The van der Waals surface area contributed by atoms with E-state index in [4.69, 9.17) is 15.7 Å². The number of nitrogens with zero attached hydrogens (tertiary/aromatic N) is 5. The number of nitrogens with two attached hydrogens (primary N) is 1. The Bertz CT molecular complexity index is 855. The fourth-order valence-electron chi connectivity index (χ4n) is 3.18. The molecule has 2 aromatic heterocycles. The number of nitrogens with one attached hydrogen (secondary N) is 1. The Kier molecular flexibility index (Phi) is 4.93. The normalized spacial score (nSPS) is 15.9. The summed E-state index contributed by atoms with van der Waals surface area (Å²) >= 11 is 0. The molecule has 3 N–H and O–H groups in total. The molecular formula is C17H21N7O2. The Hall–Kier alpha value is -3.28. The number of pyridine rings is 1. The Labute approximate surface area is 151 Å². The first-order valence-electron chi connectivity index (χ1n) is 8.37. The van der Waals surface area contributed by atoms with Crippen LogP contribution in [0.1, 0.15) is 23.7 Å². The van der Waals surface area contributed by atoms with Crippen molar-refractivity contribution >= 4 is 23.2 Å². The van der Waals surface area contributed by atoms with E-state index >= 15 is 0 Å². The van der Waals surface area contributed by atoms with E-state index in [0.29, 0.717) is 48.9 Å². The molecule has 0 fully saturated rings. The Morgan fingerprint density at radius 1 is 1.54 bits per heavy atom. The van der Waals surface area contributed by atoms with Gasteiger partial charge in [-0.3, -0.25) is 9.78 Å². The highest BCUT2D eigenvalue weighted by Gasteiger charge is 2.31. The molecule has 9 nitrogen and oxygen atoms in total. The minimum Gasteiger partial charge on any atom is -0.492 e. The second kappa shape index (κ2) is 7.31. The smallest absolute Gasteiger partial charge is 0.263 e. The quantitative estimate of drug-likeness (QED) is 0.833. The van der Waals surface area contributed by atoms with Crippen molar-refractivity contribution in [2.75, 3.05) is 36.1 Å². The van der Waals surface area contributed by atoms with E-state index in [0.717, 1.165) is 0 Å². The molecule has 2 aromatic rings. The van der Waals surface area contributed by atoms with Gasteiger partial charge in [0.25, 0.3) is 5.91 Å². The van der Waals surface area contributed by atoms with E-state index in [-0.39, 0.29) is 17.6 Å². The van der Waals surface area contributed by atoms with Crippen molar-refractivity contribution in [2.24, 2.45) is 5.92 Å². The van der Waals surface area contributed by atoms with Gasteiger partial charge < -0.3 is 20.7 Å². The number of rotatable bonds is 5. The van der Waals surface area contributed by atoms with E-state index in [2.05, 4.69) is 21.5 Å². The predicted molar refractivity (Wildman–Crippen MR) is 97.0 cm³/mol. The number of ether oxygens (including phenoxy) is 1. The third-order valence-corrected chi connectivity index (χ3v) is 4.21. The molecule has 0 saturated heterocycles. The van der Waals surface area contributed by atoms with Gasteiger partial charge in [0, 0.05) is 44.7 Å². The van der Waals surface area contributed by atoms with Crippen LogP contribution in [0.5, 0.6) is 5.75 Å². The number of carbonyl (C=O) groups excluding carboxylic acids is 1. The number of fused-ring (bicyclic) bond motifs is 1. The molecule has 26 heavy (non-hydrogen) atoms. The van der Waals surface area contributed by atoms with Crippen LogP contribution in [-0.4, -0.2) is 40.9 Å². The summed E-state index contributed by atoms with van der Waals surface area (Å²) in [6.45, 7) is 3.56. The molecule has 1 aliphatic heterocycles. The Morgan fingerprint density at radius 3 is 3.08 bits per heavy atom. The first-order valence-corrected chi connectivity index (χ1v) is 8.37. The van der Waals surface area contributed by atoms with Crippen LogP contribution in [0.3, 0.4) is 0 Å². The molecule has 0 spiro atoms. The van der Waals surface area contributed by atoms with Gasteiger partial charge in [-0.25, -0.2) is 4.68 Å². The van der Waals surface area contributed by atoms with E-state index in [1.165, 1.54) is 6.20 Å². The van der Waals surface area contributed by atoms with Crippen LogP contribution in [0, 0.1) is 17.2 Å². The summed E-state index contributed by atoms with van der Waals surface area (Å²) in [4.78, 5) is 18.8. The summed E-state index contributed by atoms with van der Waals surface area (Å²) in [5.41, 5.74) is 6.81. The zero-order valence-corrected chi connectivity index (χ0v) is 14.8. The molecular weight excluding hydrogens is 334 g/mol. The third-order valence-electron chi connectivity index (χ3n) is 4.21. The van der Waals surface area contributed by atoms with Crippen LogP contribution < -0.4 is 20.7 Å². The molecule has 0 aliphatic carbocycles. The topological polar surface area (TPSA) is 122 Å². The molecule has 0 saturated carbocycles. The van der Waals surface area contributed by atoms with Crippen LogP contribution in [0.4, 0.5) is 17.3 Å². The van der Waals surface area contributed by atoms with Crippen molar-refractivity contribution in [1.82, 2.24) is 14.8 Å². The lowest BCUT2D eigenvalue weighted by Crippen LogP contribution is -2.36. The monoisotopic (exact) mass is 355 g/mol. The standard InChI is InChI=1S/C17H21N7O2/c1-3-26-13-5-7-20-8-12(13)21-16(25)14-15(19)22-24-10-11(4-6-18)9-23(2)17(14)24/h5,7-8,11H,3-4,9-10H2,1-2H3,(H2,19,22)(H,21,25). The van der Waals surface area contributed by atoms with Gasteiger partial charge in [0.1, 0.15) is 22.8 Å². The average molecular weight is 355 g/mol. The van der Waals surface area contributed by atoms with Crippen LogP contribution in [0.2, 0.25) is 0 Å². The predicted octanol–water partition coefficient (Wildman–Crippen LogP) is 1.49. The molecule has 3 rings (SSSR count).